The number of nitrogens with zero attached hydrogens (tertiary/aromatic N) is 1. The van der Waals surface area contributed by atoms with Crippen LogP contribution in [0.5, 0.6) is 5.75 Å². The summed E-state index contributed by atoms with van der Waals surface area (Å²) in [6.07, 6.45) is 9.14. The minimum Gasteiger partial charge on any atom is -0.464 e. The molecule has 0 saturated carbocycles. The van der Waals surface area contributed by atoms with Gasteiger partial charge in [0, 0.05) is 22.3 Å². The second-order valence-electron chi connectivity index (χ2n) is 6.84. The normalized spacial score (nSPS) is 14.1. The van der Waals surface area contributed by atoms with E-state index in [1.165, 1.54) is 5.57 Å². The van der Waals surface area contributed by atoms with Gasteiger partial charge in [-0.1, -0.05) is 78.9 Å². The van der Waals surface area contributed by atoms with Gasteiger partial charge in [0.05, 0.1) is 17.9 Å². The molecule has 2 nitrogen and oxygen atoms in total. The van der Waals surface area contributed by atoms with Crippen LogP contribution >= 0.6 is 0 Å². The largest absolute Gasteiger partial charge is 0.464 e. The first-order valence-electron chi connectivity index (χ1n) is 9.33. The van der Waals surface area contributed by atoms with Gasteiger partial charge in [-0.3, -0.25) is 0 Å². The Balaban J connectivity index is 1.92. The van der Waals surface area contributed by atoms with E-state index < -0.39 is 0 Å². The Bertz CT molecular complexity index is 1190. The molecule has 0 N–H and O–H groups in total. The molecule has 2 heteroatoms. The van der Waals surface area contributed by atoms with Crippen molar-refractivity contribution in [2.75, 3.05) is 0 Å². The van der Waals surface area contributed by atoms with Crippen molar-refractivity contribution < 1.29 is 4.74 Å². The Labute approximate surface area is 164 Å². The van der Waals surface area contributed by atoms with E-state index in [1.807, 2.05) is 42.5 Å². The van der Waals surface area contributed by atoms with Gasteiger partial charge in [-0.15, -0.1) is 0 Å². The molecule has 0 fully saturated rings. The molecular formula is C26H17NO. The summed E-state index contributed by atoms with van der Waals surface area (Å²) in [6.45, 7) is 0. The molecule has 3 aromatic rings. The van der Waals surface area contributed by atoms with Crippen LogP contribution in [0.3, 0.4) is 0 Å². The van der Waals surface area contributed by atoms with E-state index in [1.54, 1.807) is 6.26 Å². The molecule has 0 amide bonds. The third-order valence-corrected chi connectivity index (χ3v) is 5.19. The molecule has 0 atom stereocenters. The van der Waals surface area contributed by atoms with E-state index in [4.69, 9.17) is 4.74 Å². The number of benzene rings is 3. The fourth-order valence-corrected chi connectivity index (χ4v) is 3.97. The molecule has 3 aromatic carbocycles. The maximum absolute atomic E-state index is 9.94. The average Bonchev–Trinajstić information content (AvgIpc) is 2.78. The maximum atomic E-state index is 9.94. The lowest BCUT2D eigenvalue weighted by Crippen LogP contribution is -2.07. The summed E-state index contributed by atoms with van der Waals surface area (Å²) < 4.78 is 5.98. The maximum Gasteiger partial charge on any atom is 0.136 e. The number of nitriles is 1. The lowest BCUT2D eigenvalue weighted by molar-refractivity contribution is 0.472. The number of allylic oxidation sites excluding steroid dienone is 5. The van der Waals surface area contributed by atoms with Gasteiger partial charge in [-0.25, -0.2) is 0 Å². The Hall–Kier alpha value is -3.83. The Morgan fingerprint density at radius 2 is 1.50 bits per heavy atom. The topological polar surface area (TPSA) is 33.0 Å². The van der Waals surface area contributed by atoms with Crippen LogP contribution in [0.4, 0.5) is 0 Å². The van der Waals surface area contributed by atoms with Crippen LogP contribution in [0.25, 0.3) is 27.8 Å². The highest BCUT2D eigenvalue weighted by molar-refractivity contribution is 6.01. The van der Waals surface area contributed by atoms with Crippen LogP contribution in [-0.4, -0.2) is 0 Å². The van der Waals surface area contributed by atoms with Crippen molar-refractivity contribution in [3.8, 4) is 34.1 Å². The van der Waals surface area contributed by atoms with Crippen molar-refractivity contribution in [3.63, 3.8) is 0 Å². The van der Waals surface area contributed by atoms with Crippen molar-refractivity contribution in [1.29, 1.82) is 5.26 Å². The fourth-order valence-electron chi connectivity index (χ4n) is 3.97. The Kier molecular flexibility index (Phi) is 3.92. The second kappa shape index (κ2) is 6.72. The van der Waals surface area contributed by atoms with Crippen molar-refractivity contribution in [2.45, 2.75) is 6.42 Å². The van der Waals surface area contributed by atoms with E-state index in [0.29, 0.717) is 5.56 Å². The molecule has 28 heavy (non-hydrogen) atoms. The molecule has 5 rings (SSSR count). The molecule has 0 saturated heterocycles. The summed E-state index contributed by atoms with van der Waals surface area (Å²) in [5.74, 6) is 0.736. The summed E-state index contributed by atoms with van der Waals surface area (Å²) >= 11 is 0. The monoisotopic (exact) mass is 359 g/mol. The summed E-state index contributed by atoms with van der Waals surface area (Å²) in [5.41, 5.74) is 8.03. The highest BCUT2D eigenvalue weighted by Crippen LogP contribution is 2.49. The quantitative estimate of drug-likeness (QED) is 0.522. The van der Waals surface area contributed by atoms with Crippen LogP contribution in [-0.2, 0) is 0 Å². The number of fused-ring (bicyclic) bond motifs is 3. The molecule has 1 heterocycles. The summed E-state index contributed by atoms with van der Waals surface area (Å²) in [5, 5.41) is 9.94. The molecule has 0 radical (unpaired) electrons. The minimum absolute atomic E-state index is 0.618. The fraction of sp³-hybridized carbons (Fsp3) is 0.0385. The van der Waals surface area contributed by atoms with Crippen LogP contribution in [0.1, 0.15) is 17.5 Å². The molecule has 0 unspecified atom stereocenters. The van der Waals surface area contributed by atoms with Crippen LogP contribution in [0.2, 0.25) is 0 Å². The van der Waals surface area contributed by atoms with Crippen molar-refractivity contribution >= 4 is 5.57 Å². The first-order valence-corrected chi connectivity index (χ1v) is 9.33. The van der Waals surface area contributed by atoms with E-state index >= 15 is 0 Å². The Morgan fingerprint density at radius 3 is 2.18 bits per heavy atom. The third-order valence-electron chi connectivity index (χ3n) is 5.19. The van der Waals surface area contributed by atoms with Gasteiger partial charge in [0.15, 0.2) is 0 Å². The predicted octanol–water partition coefficient (Wildman–Crippen LogP) is 6.51. The molecular weight excluding hydrogens is 342 g/mol. The van der Waals surface area contributed by atoms with Crippen molar-refractivity contribution in [3.05, 3.63) is 108 Å². The number of rotatable bonds is 2. The smallest absolute Gasteiger partial charge is 0.136 e. The SMILES string of the molecule is N#Cc1cc2c(c(-c3ccccc3)c1-c1ccccc1)C1=CCC=CC1=CO2. The Morgan fingerprint density at radius 1 is 0.821 bits per heavy atom. The zero-order chi connectivity index (χ0) is 18.9. The number of hydrogen-bond acceptors (Lipinski definition) is 2. The second-order valence-corrected chi connectivity index (χ2v) is 6.84. The summed E-state index contributed by atoms with van der Waals surface area (Å²) in [7, 11) is 0. The van der Waals surface area contributed by atoms with Gasteiger partial charge in [0.25, 0.3) is 0 Å². The van der Waals surface area contributed by atoms with Crippen molar-refractivity contribution in [1.82, 2.24) is 0 Å². The zero-order valence-electron chi connectivity index (χ0n) is 15.2. The van der Waals surface area contributed by atoms with Gasteiger partial charge in [0.2, 0.25) is 0 Å². The average molecular weight is 359 g/mol. The van der Waals surface area contributed by atoms with Gasteiger partial charge < -0.3 is 4.74 Å². The standard InChI is InChI=1S/C26H17NO/c27-16-21-15-23-26(22-14-8-7-13-20(22)17-28-23)25(19-11-5-2-6-12-19)24(21)18-9-3-1-4-10-18/h1-7,9-15,17H,8H2. The molecule has 1 aliphatic heterocycles. The molecule has 0 spiro atoms. The van der Waals surface area contributed by atoms with Crippen LogP contribution in [0.15, 0.2) is 96.8 Å². The zero-order valence-corrected chi connectivity index (χ0v) is 15.2. The highest BCUT2D eigenvalue weighted by Gasteiger charge is 2.27. The van der Waals surface area contributed by atoms with E-state index in [2.05, 4.69) is 48.6 Å². The number of hydrogen-bond donors (Lipinski definition) is 0. The third kappa shape index (κ3) is 2.57. The van der Waals surface area contributed by atoms with Crippen LogP contribution in [0, 0.1) is 11.3 Å². The van der Waals surface area contributed by atoms with Gasteiger partial charge in [0.1, 0.15) is 5.75 Å². The van der Waals surface area contributed by atoms with Gasteiger partial charge in [-0.2, -0.15) is 5.26 Å². The molecule has 0 aromatic heterocycles. The highest BCUT2D eigenvalue weighted by atomic mass is 16.5. The lowest BCUT2D eigenvalue weighted by Gasteiger charge is -2.26. The molecule has 132 valence electrons. The lowest BCUT2D eigenvalue weighted by atomic mass is 9.81. The van der Waals surface area contributed by atoms with E-state index in [-0.39, 0.29) is 0 Å². The van der Waals surface area contributed by atoms with Gasteiger partial charge >= 0.3 is 0 Å². The summed E-state index contributed by atoms with van der Waals surface area (Å²) in [6, 6.07) is 24.7. The van der Waals surface area contributed by atoms with Crippen molar-refractivity contribution in [2.24, 2.45) is 0 Å². The predicted molar refractivity (Wildman–Crippen MR) is 112 cm³/mol. The molecule has 2 aliphatic rings. The molecule has 0 bridgehead atoms. The molecule has 1 aliphatic carbocycles. The van der Waals surface area contributed by atoms with Crippen LogP contribution < -0.4 is 4.74 Å². The summed E-state index contributed by atoms with van der Waals surface area (Å²) in [4.78, 5) is 0. The number of ether oxygens (including phenoxy) is 1. The van der Waals surface area contributed by atoms with E-state index in [9.17, 15) is 5.26 Å². The van der Waals surface area contributed by atoms with Gasteiger partial charge in [-0.05, 0) is 29.2 Å². The first kappa shape index (κ1) is 16.4. The first-order chi connectivity index (χ1) is 13.9. The van der Waals surface area contributed by atoms with E-state index in [0.717, 1.165) is 45.6 Å². The minimum atomic E-state index is 0.618.